The number of hydrogen-bond acceptors (Lipinski definition) is 3. The smallest absolute Gasteiger partial charge is 0.283 e. The lowest BCUT2D eigenvalue weighted by Crippen LogP contribution is -2.16. The molecule has 0 unspecified atom stereocenters. The molecule has 0 amide bonds. The van der Waals surface area contributed by atoms with Gasteiger partial charge in [0.1, 0.15) is 0 Å². The predicted molar refractivity (Wildman–Crippen MR) is 77.8 cm³/mol. The summed E-state index contributed by atoms with van der Waals surface area (Å²) in [5.74, 6) is 0. The average Bonchev–Trinajstić information content (AvgIpc) is 2.68. The van der Waals surface area contributed by atoms with Crippen LogP contribution in [-0.4, -0.2) is 9.60 Å². The fourth-order valence-corrected chi connectivity index (χ4v) is 2.29. The predicted octanol–water partition coefficient (Wildman–Crippen LogP) is 3.52. The Labute approximate surface area is 119 Å². The van der Waals surface area contributed by atoms with E-state index in [4.69, 9.17) is 0 Å². The number of benzene rings is 1. The Hall–Kier alpha value is -1.82. The number of nitro benzene ring substituents is 1. The molecule has 1 aromatic heterocycles. The normalized spacial score (nSPS) is 10.5. The van der Waals surface area contributed by atoms with Crippen LogP contribution in [0.1, 0.15) is 17.0 Å². The molecule has 0 saturated carbocycles. The molecule has 0 fully saturated rings. The van der Waals surface area contributed by atoms with E-state index >= 15 is 0 Å². The van der Waals surface area contributed by atoms with Gasteiger partial charge < -0.3 is 5.43 Å². The molecule has 0 aliphatic carbocycles. The Kier molecular flexibility index (Phi) is 3.90. The van der Waals surface area contributed by atoms with Crippen molar-refractivity contribution in [2.45, 2.75) is 20.4 Å². The van der Waals surface area contributed by atoms with Gasteiger partial charge in [-0.25, -0.2) is 0 Å². The van der Waals surface area contributed by atoms with Gasteiger partial charge in [0.15, 0.2) is 0 Å². The highest BCUT2D eigenvalue weighted by Crippen LogP contribution is 2.25. The van der Waals surface area contributed by atoms with Gasteiger partial charge in [-0.2, -0.15) is 0 Å². The Morgan fingerprint density at radius 2 is 1.89 bits per heavy atom. The first kappa shape index (κ1) is 13.6. The third-order valence-corrected chi connectivity index (χ3v) is 3.59. The van der Waals surface area contributed by atoms with Crippen molar-refractivity contribution in [3.63, 3.8) is 0 Å². The molecular formula is C13H14BrN3O2. The number of aryl methyl sites for hydroxylation is 2. The molecule has 1 heterocycles. The maximum atomic E-state index is 10.9. The molecule has 0 radical (unpaired) electrons. The van der Waals surface area contributed by atoms with Crippen molar-refractivity contribution in [2.24, 2.45) is 0 Å². The molecule has 1 N–H and O–H groups in total. The first-order chi connectivity index (χ1) is 8.99. The van der Waals surface area contributed by atoms with Gasteiger partial charge in [-0.1, -0.05) is 6.07 Å². The zero-order valence-corrected chi connectivity index (χ0v) is 12.3. The third-order valence-electron chi connectivity index (χ3n) is 2.92. The summed E-state index contributed by atoms with van der Waals surface area (Å²) in [5.41, 5.74) is 6.39. The lowest BCUT2D eigenvalue weighted by Gasteiger charge is -2.12. The van der Waals surface area contributed by atoms with Crippen LogP contribution in [0.2, 0.25) is 0 Å². The van der Waals surface area contributed by atoms with Crippen molar-refractivity contribution in [2.75, 3.05) is 5.43 Å². The minimum atomic E-state index is -0.389. The topological polar surface area (TPSA) is 60.1 Å². The van der Waals surface area contributed by atoms with E-state index in [2.05, 4.69) is 21.4 Å². The van der Waals surface area contributed by atoms with Crippen LogP contribution in [0, 0.1) is 24.0 Å². The molecule has 0 saturated heterocycles. The van der Waals surface area contributed by atoms with Crippen LogP contribution in [0.15, 0.2) is 34.8 Å². The quantitative estimate of drug-likeness (QED) is 0.691. The molecule has 0 spiro atoms. The number of nitro groups is 1. The highest BCUT2D eigenvalue weighted by atomic mass is 79.9. The largest absolute Gasteiger partial charge is 0.322 e. The molecule has 0 aliphatic heterocycles. The second-order valence-corrected chi connectivity index (χ2v) is 5.18. The summed E-state index contributed by atoms with van der Waals surface area (Å²) in [5, 5.41) is 10.9. The lowest BCUT2D eigenvalue weighted by molar-refractivity contribution is -0.385. The van der Waals surface area contributed by atoms with Gasteiger partial charge >= 0.3 is 0 Å². The molecule has 0 aliphatic rings. The third kappa shape index (κ3) is 2.96. The first-order valence-electron chi connectivity index (χ1n) is 5.80. The van der Waals surface area contributed by atoms with Gasteiger partial charge in [0.25, 0.3) is 5.69 Å². The Bertz CT molecular complexity index is 603. The van der Waals surface area contributed by atoms with E-state index in [1.807, 2.05) is 36.7 Å². The van der Waals surface area contributed by atoms with Crippen LogP contribution in [0.5, 0.6) is 0 Å². The number of hydrogen-bond donors (Lipinski definition) is 1. The second-order valence-electron chi connectivity index (χ2n) is 4.33. The SMILES string of the molecule is Cc1ccc(C)n1NCc1ccc(Br)c([N+](=O)[O-])c1. The molecule has 2 aromatic rings. The molecule has 0 atom stereocenters. The van der Waals surface area contributed by atoms with Crippen molar-refractivity contribution in [1.29, 1.82) is 0 Å². The fourth-order valence-electron chi connectivity index (χ4n) is 1.90. The standard InChI is InChI=1S/C13H14BrN3O2/c1-9-3-4-10(2)16(9)15-8-11-5-6-12(14)13(7-11)17(18)19/h3-7,15H,8H2,1-2H3. The highest BCUT2D eigenvalue weighted by Gasteiger charge is 2.12. The van der Waals surface area contributed by atoms with Crippen molar-refractivity contribution < 1.29 is 4.92 Å². The van der Waals surface area contributed by atoms with Crippen molar-refractivity contribution >= 4 is 21.6 Å². The molecule has 5 nitrogen and oxygen atoms in total. The van der Waals surface area contributed by atoms with Gasteiger partial charge in [0, 0.05) is 17.5 Å². The average molecular weight is 324 g/mol. The number of nitrogens with zero attached hydrogens (tertiary/aromatic N) is 2. The maximum Gasteiger partial charge on any atom is 0.283 e. The number of aromatic nitrogens is 1. The summed E-state index contributed by atoms with van der Waals surface area (Å²) in [6.45, 7) is 4.54. The van der Waals surface area contributed by atoms with Crippen molar-refractivity contribution in [1.82, 2.24) is 4.68 Å². The first-order valence-corrected chi connectivity index (χ1v) is 6.60. The van der Waals surface area contributed by atoms with Gasteiger partial charge in [-0.3, -0.25) is 14.8 Å². The molecule has 6 heteroatoms. The Balaban J connectivity index is 2.16. The molecular weight excluding hydrogens is 310 g/mol. The van der Waals surface area contributed by atoms with Gasteiger partial charge in [0.2, 0.25) is 0 Å². The Morgan fingerprint density at radius 1 is 1.26 bits per heavy atom. The van der Waals surface area contributed by atoms with Crippen LogP contribution in [0.3, 0.4) is 0 Å². The molecule has 100 valence electrons. The number of nitrogens with one attached hydrogen (secondary N) is 1. The summed E-state index contributed by atoms with van der Waals surface area (Å²) in [6, 6.07) is 9.17. The second kappa shape index (κ2) is 5.44. The summed E-state index contributed by atoms with van der Waals surface area (Å²) in [7, 11) is 0. The molecule has 0 bridgehead atoms. The Morgan fingerprint density at radius 3 is 2.47 bits per heavy atom. The minimum Gasteiger partial charge on any atom is -0.322 e. The van der Waals surface area contributed by atoms with Gasteiger partial charge in [0.05, 0.1) is 15.9 Å². The lowest BCUT2D eigenvalue weighted by atomic mass is 10.2. The minimum absolute atomic E-state index is 0.0836. The van der Waals surface area contributed by atoms with Crippen LogP contribution in [0.4, 0.5) is 5.69 Å². The molecule has 1 aromatic carbocycles. The van der Waals surface area contributed by atoms with Crippen LogP contribution >= 0.6 is 15.9 Å². The van der Waals surface area contributed by atoms with Gasteiger partial charge in [-0.05, 0) is 53.5 Å². The maximum absolute atomic E-state index is 10.9. The van der Waals surface area contributed by atoms with E-state index in [1.165, 1.54) is 0 Å². The zero-order chi connectivity index (χ0) is 14.0. The highest BCUT2D eigenvalue weighted by molar-refractivity contribution is 9.10. The van der Waals surface area contributed by atoms with E-state index in [9.17, 15) is 10.1 Å². The van der Waals surface area contributed by atoms with E-state index in [-0.39, 0.29) is 10.6 Å². The van der Waals surface area contributed by atoms with Crippen molar-refractivity contribution in [3.8, 4) is 0 Å². The summed E-state index contributed by atoms with van der Waals surface area (Å²) >= 11 is 3.18. The summed E-state index contributed by atoms with van der Waals surface area (Å²) in [4.78, 5) is 10.5. The van der Waals surface area contributed by atoms with E-state index in [0.717, 1.165) is 17.0 Å². The number of halogens is 1. The van der Waals surface area contributed by atoms with E-state index in [0.29, 0.717) is 11.0 Å². The van der Waals surface area contributed by atoms with E-state index in [1.54, 1.807) is 12.1 Å². The van der Waals surface area contributed by atoms with Crippen LogP contribution < -0.4 is 5.43 Å². The monoisotopic (exact) mass is 323 g/mol. The van der Waals surface area contributed by atoms with Gasteiger partial charge in [-0.15, -0.1) is 0 Å². The zero-order valence-electron chi connectivity index (χ0n) is 10.7. The van der Waals surface area contributed by atoms with E-state index < -0.39 is 0 Å². The number of rotatable bonds is 4. The van der Waals surface area contributed by atoms with Crippen LogP contribution in [-0.2, 0) is 6.54 Å². The van der Waals surface area contributed by atoms with Crippen molar-refractivity contribution in [3.05, 3.63) is 61.9 Å². The summed E-state index contributed by atoms with van der Waals surface area (Å²) < 4.78 is 2.46. The van der Waals surface area contributed by atoms with Crippen LogP contribution in [0.25, 0.3) is 0 Å². The fraction of sp³-hybridized carbons (Fsp3) is 0.231. The summed E-state index contributed by atoms with van der Waals surface area (Å²) in [6.07, 6.45) is 0. The molecule has 2 rings (SSSR count). The molecule has 19 heavy (non-hydrogen) atoms.